The van der Waals surface area contributed by atoms with Gasteiger partial charge in [-0.2, -0.15) is 0 Å². The van der Waals surface area contributed by atoms with Crippen LogP contribution in [0.1, 0.15) is 50.6 Å². The maximum Gasteiger partial charge on any atom is 0.341 e. The van der Waals surface area contributed by atoms with Gasteiger partial charge in [0.2, 0.25) is 0 Å². The number of rotatable bonds is 6. The lowest BCUT2D eigenvalue weighted by Crippen LogP contribution is -3.12. The Morgan fingerprint density at radius 1 is 1.21 bits per heavy atom. The molecule has 6 nitrogen and oxygen atoms in total. The first-order valence-corrected chi connectivity index (χ1v) is 10.2. The van der Waals surface area contributed by atoms with Crippen molar-refractivity contribution in [3.63, 3.8) is 0 Å². The number of hydrogen-bond acceptors (Lipinski definition) is 5. The molecule has 1 aromatic carbocycles. The molecule has 1 aliphatic heterocycles. The number of anilines is 1. The molecule has 0 saturated heterocycles. The van der Waals surface area contributed by atoms with Crippen LogP contribution >= 0.6 is 11.3 Å². The standard InChI is InChI=1S/C21H24N2O4S/c1-4-27-21(26)18-13(2)19(14(3)24)28-20(18)22-17(25)12-23-10-9-15-7-5-6-8-16(15)11-23/h5-8H,4,9-12H2,1-3H3,(H,22,25)/p+1. The van der Waals surface area contributed by atoms with Crippen LogP contribution in [0.25, 0.3) is 0 Å². The fourth-order valence-corrected chi connectivity index (χ4v) is 4.68. The molecule has 0 aliphatic carbocycles. The van der Waals surface area contributed by atoms with E-state index in [0.29, 0.717) is 22.0 Å². The van der Waals surface area contributed by atoms with E-state index in [1.54, 1.807) is 13.8 Å². The fourth-order valence-electron chi connectivity index (χ4n) is 3.58. The Morgan fingerprint density at radius 2 is 1.93 bits per heavy atom. The van der Waals surface area contributed by atoms with Gasteiger partial charge in [0, 0.05) is 12.0 Å². The lowest BCUT2D eigenvalue weighted by molar-refractivity contribution is -0.907. The van der Waals surface area contributed by atoms with Crippen molar-refractivity contribution in [2.24, 2.45) is 0 Å². The number of amides is 1. The topological polar surface area (TPSA) is 76.9 Å². The van der Waals surface area contributed by atoms with Gasteiger partial charge in [0.1, 0.15) is 11.5 Å². The van der Waals surface area contributed by atoms with Crippen LogP contribution in [0.4, 0.5) is 5.00 Å². The largest absolute Gasteiger partial charge is 0.462 e. The van der Waals surface area contributed by atoms with Crippen LogP contribution in [0.15, 0.2) is 24.3 Å². The molecule has 0 fully saturated rings. The first-order valence-electron chi connectivity index (χ1n) is 9.42. The Labute approximate surface area is 168 Å². The van der Waals surface area contributed by atoms with E-state index < -0.39 is 5.97 Å². The Morgan fingerprint density at radius 3 is 2.61 bits per heavy atom. The van der Waals surface area contributed by atoms with E-state index in [0.717, 1.165) is 30.8 Å². The Kier molecular flexibility index (Phi) is 6.26. The Balaban J connectivity index is 1.74. The Hall–Kier alpha value is -2.51. The SMILES string of the molecule is CCOC(=O)c1c(NC(=O)C[NH+]2CCc3ccccc3C2)sc(C(C)=O)c1C. The van der Waals surface area contributed by atoms with Crippen LogP contribution in [-0.4, -0.2) is 37.4 Å². The van der Waals surface area contributed by atoms with Crippen molar-refractivity contribution in [2.75, 3.05) is 25.0 Å². The second-order valence-electron chi connectivity index (χ2n) is 6.96. The van der Waals surface area contributed by atoms with Crippen LogP contribution in [0.3, 0.4) is 0 Å². The van der Waals surface area contributed by atoms with E-state index in [1.807, 2.05) is 12.1 Å². The number of nitrogens with one attached hydrogen (secondary N) is 2. The van der Waals surface area contributed by atoms with Gasteiger partial charge in [-0.3, -0.25) is 9.59 Å². The third-order valence-corrected chi connectivity index (χ3v) is 6.22. The summed E-state index contributed by atoms with van der Waals surface area (Å²) in [6, 6.07) is 8.30. The summed E-state index contributed by atoms with van der Waals surface area (Å²) in [4.78, 5) is 38.5. The number of Topliss-reactive ketones (excluding diaryl/α,β-unsaturated/α-hetero) is 1. The molecule has 3 rings (SSSR count). The molecule has 148 valence electrons. The minimum absolute atomic E-state index is 0.133. The number of esters is 1. The summed E-state index contributed by atoms with van der Waals surface area (Å²) in [7, 11) is 0. The minimum Gasteiger partial charge on any atom is -0.462 e. The summed E-state index contributed by atoms with van der Waals surface area (Å²) in [5, 5.41) is 3.23. The first kappa shape index (κ1) is 20.2. The van der Waals surface area contributed by atoms with Crippen LogP contribution in [0.5, 0.6) is 0 Å². The molecule has 1 amide bonds. The number of carbonyl (C=O) groups excluding carboxylic acids is 3. The maximum atomic E-state index is 12.7. The van der Waals surface area contributed by atoms with Gasteiger partial charge in [-0.15, -0.1) is 11.3 Å². The van der Waals surface area contributed by atoms with Gasteiger partial charge in [0.25, 0.3) is 5.91 Å². The van der Waals surface area contributed by atoms with E-state index in [2.05, 4.69) is 17.4 Å². The molecule has 1 unspecified atom stereocenters. The zero-order chi connectivity index (χ0) is 20.3. The number of fused-ring (bicyclic) bond motifs is 1. The average Bonchev–Trinajstić information content (AvgIpc) is 2.98. The number of thiophene rings is 1. The molecular weight excluding hydrogens is 376 g/mol. The van der Waals surface area contributed by atoms with Crippen molar-refractivity contribution in [2.45, 2.75) is 33.7 Å². The van der Waals surface area contributed by atoms with Crippen LogP contribution in [0, 0.1) is 6.92 Å². The maximum absolute atomic E-state index is 12.7. The molecule has 0 radical (unpaired) electrons. The molecule has 1 aromatic heterocycles. The number of benzene rings is 1. The summed E-state index contributed by atoms with van der Waals surface area (Å²) in [6.07, 6.45) is 0.944. The predicted octanol–water partition coefficient (Wildman–Crippen LogP) is 2.02. The molecule has 1 aliphatic rings. The summed E-state index contributed by atoms with van der Waals surface area (Å²) < 4.78 is 5.11. The highest BCUT2D eigenvalue weighted by Crippen LogP contribution is 2.34. The van der Waals surface area contributed by atoms with E-state index in [4.69, 9.17) is 4.74 Å². The quantitative estimate of drug-likeness (QED) is 0.574. The van der Waals surface area contributed by atoms with Gasteiger partial charge in [-0.05, 0) is 31.9 Å². The summed E-state index contributed by atoms with van der Waals surface area (Å²) in [5.41, 5.74) is 3.46. The van der Waals surface area contributed by atoms with E-state index in [-0.39, 0.29) is 23.9 Å². The van der Waals surface area contributed by atoms with Crippen molar-refractivity contribution >= 4 is 34.0 Å². The van der Waals surface area contributed by atoms with Gasteiger partial charge in [0.15, 0.2) is 12.3 Å². The lowest BCUT2D eigenvalue weighted by atomic mass is 10.00. The highest BCUT2D eigenvalue weighted by Gasteiger charge is 2.27. The third kappa shape index (κ3) is 4.31. The highest BCUT2D eigenvalue weighted by atomic mass is 32.1. The summed E-state index contributed by atoms with van der Waals surface area (Å²) in [5.74, 6) is -0.818. The monoisotopic (exact) mass is 401 g/mol. The zero-order valence-electron chi connectivity index (χ0n) is 16.4. The van der Waals surface area contributed by atoms with Gasteiger partial charge >= 0.3 is 5.97 Å². The lowest BCUT2D eigenvalue weighted by Gasteiger charge is -2.25. The van der Waals surface area contributed by atoms with Crippen LogP contribution in [0.2, 0.25) is 0 Å². The van der Waals surface area contributed by atoms with Gasteiger partial charge in [-0.1, -0.05) is 24.3 Å². The van der Waals surface area contributed by atoms with E-state index in [1.165, 1.54) is 23.0 Å². The second kappa shape index (κ2) is 8.67. The molecule has 2 N–H and O–H groups in total. The molecule has 2 aromatic rings. The predicted molar refractivity (Wildman–Crippen MR) is 108 cm³/mol. The van der Waals surface area contributed by atoms with Crippen molar-refractivity contribution in [1.29, 1.82) is 0 Å². The molecule has 2 heterocycles. The van der Waals surface area contributed by atoms with E-state index >= 15 is 0 Å². The minimum atomic E-state index is -0.515. The Bertz CT molecular complexity index is 919. The molecule has 0 bridgehead atoms. The number of ether oxygens (including phenoxy) is 1. The number of hydrogen-bond donors (Lipinski definition) is 2. The number of ketones is 1. The normalized spacial score (nSPS) is 15.6. The number of carbonyl (C=O) groups is 3. The smallest absolute Gasteiger partial charge is 0.341 e. The average molecular weight is 402 g/mol. The molecular formula is C21H25N2O4S+. The fraction of sp³-hybridized carbons (Fsp3) is 0.381. The van der Waals surface area contributed by atoms with Gasteiger partial charge in [-0.25, -0.2) is 4.79 Å². The zero-order valence-corrected chi connectivity index (χ0v) is 17.2. The molecule has 0 saturated carbocycles. The van der Waals surface area contributed by atoms with E-state index in [9.17, 15) is 14.4 Å². The summed E-state index contributed by atoms with van der Waals surface area (Å²) >= 11 is 1.14. The van der Waals surface area contributed by atoms with Crippen LogP contribution in [-0.2, 0) is 22.5 Å². The molecule has 1 atom stereocenters. The third-order valence-electron chi connectivity index (χ3n) is 4.92. The highest BCUT2D eigenvalue weighted by molar-refractivity contribution is 7.18. The second-order valence-corrected chi connectivity index (χ2v) is 7.98. The number of quaternary nitrogens is 1. The van der Waals surface area contributed by atoms with Gasteiger partial charge in [0.05, 0.1) is 23.6 Å². The molecule has 28 heavy (non-hydrogen) atoms. The van der Waals surface area contributed by atoms with Crippen molar-refractivity contribution in [3.05, 3.63) is 51.4 Å². The first-order chi connectivity index (χ1) is 13.4. The van der Waals surface area contributed by atoms with Crippen molar-refractivity contribution in [1.82, 2.24) is 0 Å². The van der Waals surface area contributed by atoms with Gasteiger partial charge < -0.3 is 15.0 Å². The van der Waals surface area contributed by atoms with Crippen molar-refractivity contribution < 1.29 is 24.0 Å². The molecule has 7 heteroatoms. The molecule has 0 spiro atoms. The van der Waals surface area contributed by atoms with Crippen LogP contribution < -0.4 is 10.2 Å². The summed E-state index contributed by atoms with van der Waals surface area (Å²) in [6.45, 7) is 7.11. The van der Waals surface area contributed by atoms with Crippen molar-refractivity contribution in [3.8, 4) is 0 Å².